The fraction of sp³-hybridized carbons (Fsp3) is 0.583. The Kier molecular flexibility index (Phi) is 3.10. The minimum Gasteiger partial charge on any atom is -0.381 e. The Morgan fingerprint density at radius 3 is 3.00 bits per heavy atom. The average Bonchev–Trinajstić information content (AvgIpc) is 2.89. The summed E-state index contributed by atoms with van der Waals surface area (Å²) in [5.74, 6) is 1.46. The number of H-pyrrole nitrogens is 1. The molecule has 1 atom stereocenters. The molecule has 18 heavy (non-hydrogen) atoms. The fourth-order valence-corrected chi connectivity index (χ4v) is 2.42. The molecule has 2 N–H and O–H groups in total. The molecular weight excluding hydrogens is 230 g/mol. The maximum atomic E-state index is 5.39. The third-order valence-electron chi connectivity index (χ3n) is 3.56. The molecule has 1 saturated heterocycles. The van der Waals surface area contributed by atoms with Gasteiger partial charge in [0.15, 0.2) is 11.5 Å². The lowest BCUT2D eigenvalue weighted by Gasteiger charge is -2.28. The van der Waals surface area contributed by atoms with Gasteiger partial charge in [0.1, 0.15) is 11.8 Å². The lowest BCUT2D eigenvalue weighted by Crippen LogP contribution is -2.31. The van der Waals surface area contributed by atoms with E-state index in [-0.39, 0.29) is 0 Å². The molecule has 0 radical (unpaired) electrons. The van der Waals surface area contributed by atoms with Crippen molar-refractivity contribution in [2.45, 2.75) is 25.8 Å². The van der Waals surface area contributed by atoms with Crippen molar-refractivity contribution in [2.24, 2.45) is 5.92 Å². The van der Waals surface area contributed by atoms with Gasteiger partial charge in [-0.1, -0.05) is 0 Å². The molecule has 1 unspecified atom stereocenters. The Morgan fingerprint density at radius 2 is 2.17 bits per heavy atom. The second kappa shape index (κ2) is 4.89. The first kappa shape index (κ1) is 11.4. The molecule has 1 aliphatic heterocycles. The standard InChI is InChI=1S/C12H17N5O/c1-8(9-2-4-18-5-3-9)17-12-10-11(14-6-13-10)15-7-16-12/h6-9H,2-5H2,1H3,(H2,13,14,15,16,17). The van der Waals surface area contributed by atoms with Crippen LogP contribution in [0.1, 0.15) is 19.8 Å². The molecule has 6 heteroatoms. The van der Waals surface area contributed by atoms with Gasteiger partial charge in [-0.05, 0) is 25.7 Å². The predicted molar refractivity (Wildman–Crippen MR) is 68.3 cm³/mol. The molecule has 0 spiro atoms. The first-order chi connectivity index (χ1) is 8.84. The van der Waals surface area contributed by atoms with Crippen LogP contribution in [0.15, 0.2) is 12.7 Å². The summed E-state index contributed by atoms with van der Waals surface area (Å²) in [7, 11) is 0. The number of imidazole rings is 1. The predicted octanol–water partition coefficient (Wildman–Crippen LogP) is 1.58. The average molecular weight is 247 g/mol. The highest BCUT2D eigenvalue weighted by Gasteiger charge is 2.21. The molecule has 2 aromatic heterocycles. The Labute approximate surface area is 105 Å². The fourth-order valence-electron chi connectivity index (χ4n) is 2.42. The minimum atomic E-state index is 0.371. The highest BCUT2D eigenvalue weighted by molar-refractivity contribution is 5.82. The van der Waals surface area contributed by atoms with Gasteiger partial charge in [0.2, 0.25) is 0 Å². The van der Waals surface area contributed by atoms with Crippen LogP contribution in [0.3, 0.4) is 0 Å². The van der Waals surface area contributed by atoms with Crippen LogP contribution in [0.5, 0.6) is 0 Å². The van der Waals surface area contributed by atoms with Gasteiger partial charge in [-0.25, -0.2) is 15.0 Å². The van der Waals surface area contributed by atoms with Gasteiger partial charge in [-0.3, -0.25) is 0 Å². The van der Waals surface area contributed by atoms with Crippen LogP contribution in [0, 0.1) is 5.92 Å². The molecule has 96 valence electrons. The summed E-state index contributed by atoms with van der Waals surface area (Å²) < 4.78 is 5.39. The van der Waals surface area contributed by atoms with E-state index in [9.17, 15) is 0 Å². The Bertz CT molecular complexity index is 520. The van der Waals surface area contributed by atoms with Gasteiger partial charge in [0, 0.05) is 19.3 Å². The van der Waals surface area contributed by atoms with Crippen LogP contribution >= 0.6 is 0 Å². The maximum Gasteiger partial charge on any atom is 0.182 e. The van der Waals surface area contributed by atoms with Crippen LogP contribution in [0.4, 0.5) is 5.82 Å². The number of nitrogens with one attached hydrogen (secondary N) is 2. The first-order valence-electron chi connectivity index (χ1n) is 6.33. The molecule has 3 heterocycles. The number of hydrogen-bond acceptors (Lipinski definition) is 5. The van der Waals surface area contributed by atoms with Crippen molar-refractivity contribution in [1.29, 1.82) is 0 Å². The summed E-state index contributed by atoms with van der Waals surface area (Å²) >= 11 is 0. The van der Waals surface area contributed by atoms with E-state index in [1.54, 1.807) is 12.7 Å². The van der Waals surface area contributed by atoms with Crippen LogP contribution in [0.25, 0.3) is 11.2 Å². The molecule has 0 bridgehead atoms. The molecule has 0 aliphatic carbocycles. The van der Waals surface area contributed by atoms with E-state index in [0.29, 0.717) is 17.6 Å². The zero-order valence-electron chi connectivity index (χ0n) is 10.4. The van der Waals surface area contributed by atoms with Crippen molar-refractivity contribution in [1.82, 2.24) is 19.9 Å². The summed E-state index contributed by atoms with van der Waals surface area (Å²) in [4.78, 5) is 15.6. The summed E-state index contributed by atoms with van der Waals surface area (Å²) in [6.45, 7) is 3.92. The number of nitrogens with zero attached hydrogens (tertiary/aromatic N) is 3. The molecule has 0 aromatic carbocycles. The van der Waals surface area contributed by atoms with Crippen molar-refractivity contribution in [3.63, 3.8) is 0 Å². The lowest BCUT2D eigenvalue weighted by molar-refractivity contribution is 0.0622. The van der Waals surface area contributed by atoms with Crippen LogP contribution in [-0.2, 0) is 4.74 Å². The van der Waals surface area contributed by atoms with Gasteiger partial charge in [0.25, 0.3) is 0 Å². The second-order valence-corrected chi connectivity index (χ2v) is 4.71. The normalized spacial score (nSPS) is 18.9. The van der Waals surface area contributed by atoms with E-state index in [1.807, 2.05) is 0 Å². The van der Waals surface area contributed by atoms with Crippen molar-refractivity contribution in [2.75, 3.05) is 18.5 Å². The largest absolute Gasteiger partial charge is 0.381 e. The molecule has 0 amide bonds. The van der Waals surface area contributed by atoms with Crippen molar-refractivity contribution in [3.8, 4) is 0 Å². The molecule has 1 fully saturated rings. The van der Waals surface area contributed by atoms with Gasteiger partial charge in [-0.15, -0.1) is 0 Å². The Morgan fingerprint density at radius 1 is 1.33 bits per heavy atom. The highest BCUT2D eigenvalue weighted by atomic mass is 16.5. The van der Waals surface area contributed by atoms with Gasteiger partial charge in [0.05, 0.1) is 6.33 Å². The Balaban J connectivity index is 1.77. The summed E-state index contributed by atoms with van der Waals surface area (Å²) in [5, 5.41) is 3.46. The molecule has 2 aromatic rings. The highest BCUT2D eigenvalue weighted by Crippen LogP contribution is 2.23. The van der Waals surface area contributed by atoms with E-state index in [4.69, 9.17) is 4.74 Å². The minimum absolute atomic E-state index is 0.371. The Hall–Kier alpha value is -1.69. The maximum absolute atomic E-state index is 5.39. The van der Waals surface area contributed by atoms with Crippen molar-refractivity contribution < 1.29 is 4.74 Å². The number of ether oxygens (including phenoxy) is 1. The number of hydrogen-bond donors (Lipinski definition) is 2. The molecule has 0 saturated carbocycles. The van der Waals surface area contributed by atoms with Crippen LogP contribution in [0.2, 0.25) is 0 Å². The lowest BCUT2D eigenvalue weighted by atomic mass is 9.93. The second-order valence-electron chi connectivity index (χ2n) is 4.71. The zero-order valence-corrected chi connectivity index (χ0v) is 10.4. The van der Waals surface area contributed by atoms with E-state index >= 15 is 0 Å². The van der Waals surface area contributed by atoms with Gasteiger partial charge < -0.3 is 15.0 Å². The third kappa shape index (κ3) is 2.15. The number of fused-ring (bicyclic) bond motifs is 1. The monoisotopic (exact) mass is 247 g/mol. The SMILES string of the molecule is CC(Nc1ncnc2nc[nH]c12)C1CCOCC1. The first-order valence-corrected chi connectivity index (χ1v) is 6.33. The van der Waals surface area contributed by atoms with E-state index < -0.39 is 0 Å². The zero-order chi connectivity index (χ0) is 12.4. The van der Waals surface area contributed by atoms with E-state index in [0.717, 1.165) is 37.4 Å². The third-order valence-corrected chi connectivity index (χ3v) is 3.56. The molecular formula is C12H17N5O. The molecule has 6 nitrogen and oxygen atoms in total. The van der Waals surface area contributed by atoms with E-state index in [1.165, 1.54) is 0 Å². The van der Waals surface area contributed by atoms with E-state index in [2.05, 4.69) is 32.2 Å². The number of rotatable bonds is 3. The van der Waals surface area contributed by atoms with Crippen LogP contribution in [-0.4, -0.2) is 39.2 Å². The van der Waals surface area contributed by atoms with Gasteiger partial charge in [-0.2, -0.15) is 0 Å². The molecule has 1 aliphatic rings. The number of anilines is 1. The summed E-state index contributed by atoms with van der Waals surface area (Å²) in [6.07, 6.45) is 5.39. The summed E-state index contributed by atoms with van der Waals surface area (Å²) in [6, 6.07) is 0.371. The quantitative estimate of drug-likeness (QED) is 0.861. The van der Waals surface area contributed by atoms with Crippen molar-refractivity contribution >= 4 is 17.0 Å². The van der Waals surface area contributed by atoms with Crippen LogP contribution < -0.4 is 5.32 Å². The topological polar surface area (TPSA) is 75.7 Å². The van der Waals surface area contributed by atoms with Crippen molar-refractivity contribution in [3.05, 3.63) is 12.7 Å². The number of aromatic nitrogens is 4. The summed E-state index contributed by atoms with van der Waals surface area (Å²) in [5.41, 5.74) is 1.57. The molecule has 3 rings (SSSR count). The number of aromatic amines is 1. The smallest absolute Gasteiger partial charge is 0.182 e. The van der Waals surface area contributed by atoms with Gasteiger partial charge >= 0.3 is 0 Å².